The summed E-state index contributed by atoms with van der Waals surface area (Å²) in [7, 11) is 0. The zero-order valence-corrected chi connectivity index (χ0v) is 15.6. The second kappa shape index (κ2) is 7.35. The van der Waals surface area contributed by atoms with E-state index in [0.29, 0.717) is 24.2 Å². The number of alkyl halides is 3. The predicted molar refractivity (Wildman–Crippen MR) is 102 cm³/mol. The topological polar surface area (TPSA) is 73.1 Å². The van der Waals surface area contributed by atoms with Crippen molar-refractivity contribution in [2.45, 2.75) is 38.5 Å². The molecule has 1 aromatic carbocycles. The lowest BCUT2D eigenvalue weighted by atomic mass is 9.85. The van der Waals surface area contributed by atoms with E-state index in [-0.39, 0.29) is 0 Å². The average molecular weight is 390 g/mol. The summed E-state index contributed by atoms with van der Waals surface area (Å²) in [5.74, 6) is 0.380. The van der Waals surface area contributed by atoms with Gasteiger partial charge in [0.1, 0.15) is 5.84 Å². The van der Waals surface area contributed by atoms with Crippen LogP contribution in [0.25, 0.3) is 11.1 Å². The fourth-order valence-corrected chi connectivity index (χ4v) is 3.18. The number of nitrogens with one attached hydrogen (secondary N) is 2. The van der Waals surface area contributed by atoms with E-state index in [0.717, 1.165) is 28.7 Å². The number of amidine groups is 1. The Morgan fingerprint density at radius 3 is 2.57 bits per heavy atom. The lowest BCUT2D eigenvalue weighted by molar-refractivity contribution is -0.329. The van der Waals surface area contributed by atoms with Gasteiger partial charge in [0.2, 0.25) is 0 Å². The highest BCUT2D eigenvalue weighted by Gasteiger charge is 2.33. The van der Waals surface area contributed by atoms with Crippen LogP contribution in [0.1, 0.15) is 31.4 Å². The Bertz CT molecular complexity index is 909. The molecule has 2 N–H and O–H groups in total. The number of aromatic nitrogens is 1. The van der Waals surface area contributed by atoms with Crippen LogP contribution in [0, 0.1) is 10.8 Å². The molecule has 1 aliphatic heterocycles. The third-order valence-corrected chi connectivity index (χ3v) is 4.84. The van der Waals surface area contributed by atoms with Gasteiger partial charge >= 0.3 is 6.36 Å². The van der Waals surface area contributed by atoms with Crippen LogP contribution in [-0.2, 0) is 16.6 Å². The first-order chi connectivity index (χ1) is 13.1. The number of halogens is 3. The maximum absolute atomic E-state index is 12.4. The van der Waals surface area contributed by atoms with E-state index in [1.165, 1.54) is 4.90 Å². The standard InChI is InChI=1S/C20H21F3N4O/c1-19(2,11-28-20(21,22)23)16-8-15(9-26-10-16)13-3-5-17-14(7-13)4-6-18(25)27(17)12-24/h3,5,7-10,12,24-25H,4,6,11H2,1-2H3. The minimum atomic E-state index is -4.67. The van der Waals surface area contributed by atoms with Crippen molar-refractivity contribution in [3.05, 3.63) is 47.8 Å². The van der Waals surface area contributed by atoms with Crippen LogP contribution >= 0.6 is 0 Å². The number of fused-ring (bicyclic) bond motifs is 1. The quantitative estimate of drug-likeness (QED) is 0.563. The van der Waals surface area contributed by atoms with Gasteiger partial charge in [0.05, 0.1) is 18.6 Å². The van der Waals surface area contributed by atoms with E-state index in [2.05, 4.69) is 9.72 Å². The first-order valence-electron chi connectivity index (χ1n) is 8.77. The Hall–Kier alpha value is -2.74. The summed E-state index contributed by atoms with van der Waals surface area (Å²) in [4.78, 5) is 5.75. The number of benzene rings is 1. The van der Waals surface area contributed by atoms with Crippen LogP contribution in [0.3, 0.4) is 0 Å². The van der Waals surface area contributed by atoms with Gasteiger partial charge in [-0.3, -0.25) is 25.4 Å². The maximum Gasteiger partial charge on any atom is 0.522 e. The molecule has 0 fully saturated rings. The van der Waals surface area contributed by atoms with Gasteiger partial charge in [-0.15, -0.1) is 13.2 Å². The lowest BCUT2D eigenvalue weighted by Crippen LogP contribution is -2.32. The predicted octanol–water partition coefficient (Wildman–Crippen LogP) is 4.90. The molecule has 0 unspecified atom stereocenters. The lowest BCUT2D eigenvalue weighted by Gasteiger charge is -2.28. The highest BCUT2D eigenvalue weighted by atomic mass is 19.4. The molecule has 1 aromatic heterocycles. The molecule has 28 heavy (non-hydrogen) atoms. The number of ether oxygens (including phenoxy) is 1. The number of pyridine rings is 1. The molecule has 2 heterocycles. The Balaban J connectivity index is 1.90. The molecule has 3 rings (SSSR count). The van der Waals surface area contributed by atoms with Gasteiger partial charge in [0, 0.05) is 29.8 Å². The van der Waals surface area contributed by atoms with Crippen LogP contribution < -0.4 is 4.90 Å². The van der Waals surface area contributed by atoms with Crippen LogP contribution in [-0.4, -0.2) is 30.1 Å². The van der Waals surface area contributed by atoms with Crippen molar-refractivity contribution in [2.24, 2.45) is 0 Å². The summed E-state index contributed by atoms with van der Waals surface area (Å²) in [6.45, 7) is 2.86. The van der Waals surface area contributed by atoms with E-state index < -0.39 is 18.4 Å². The Morgan fingerprint density at radius 1 is 1.14 bits per heavy atom. The number of rotatable bonds is 5. The normalized spacial score (nSPS) is 14.8. The molecule has 0 amide bonds. The van der Waals surface area contributed by atoms with Gasteiger partial charge in [0.25, 0.3) is 0 Å². The van der Waals surface area contributed by atoms with E-state index in [1.807, 2.05) is 24.3 Å². The summed E-state index contributed by atoms with van der Waals surface area (Å²) in [5.41, 5.74) is 3.29. The molecule has 2 aromatic rings. The molecule has 148 valence electrons. The summed E-state index contributed by atoms with van der Waals surface area (Å²) in [6.07, 6.45) is 0.932. The smallest absolute Gasteiger partial charge is 0.291 e. The van der Waals surface area contributed by atoms with Gasteiger partial charge < -0.3 is 0 Å². The second-order valence-electron chi connectivity index (χ2n) is 7.37. The van der Waals surface area contributed by atoms with E-state index in [4.69, 9.17) is 10.8 Å². The highest BCUT2D eigenvalue weighted by Crippen LogP contribution is 2.33. The summed E-state index contributed by atoms with van der Waals surface area (Å²) < 4.78 is 41.3. The van der Waals surface area contributed by atoms with Crippen LogP contribution in [0.15, 0.2) is 36.7 Å². The Morgan fingerprint density at radius 2 is 1.89 bits per heavy atom. The molecule has 1 aliphatic rings. The highest BCUT2D eigenvalue weighted by molar-refractivity contribution is 6.11. The first-order valence-corrected chi connectivity index (χ1v) is 8.77. The number of hydrogen-bond acceptors (Lipinski definition) is 4. The largest absolute Gasteiger partial charge is 0.522 e. The molecule has 0 bridgehead atoms. The van der Waals surface area contributed by atoms with Gasteiger partial charge in [-0.05, 0) is 41.3 Å². The SMILES string of the molecule is CC(C)(COC(F)(F)F)c1cncc(-c2ccc3c(c2)CCC(=N)N3C=N)c1. The molecule has 0 spiro atoms. The van der Waals surface area contributed by atoms with Crippen LogP contribution in [0.2, 0.25) is 0 Å². The molecule has 8 heteroatoms. The molecule has 5 nitrogen and oxygen atoms in total. The summed E-state index contributed by atoms with van der Waals surface area (Å²) >= 11 is 0. The molecule has 0 saturated carbocycles. The molecular weight excluding hydrogens is 369 g/mol. The van der Waals surface area contributed by atoms with Crippen molar-refractivity contribution >= 4 is 17.9 Å². The zero-order valence-electron chi connectivity index (χ0n) is 15.6. The minimum absolute atomic E-state index is 0.380. The van der Waals surface area contributed by atoms with Gasteiger partial charge in [0.15, 0.2) is 0 Å². The van der Waals surface area contributed by atoms with Gasteiger partial charge in [-0.25, -0.2) is 0 Å². The number of nitrogens with zero attached hydrogens (tertiary/aromatic N) is 2. The van der Waals surface area contributed by atoms with Gasteiger partial charge in [-0.1, -0.05) is 19.9 Å². The molecule has 0 aliphatic carbocycles. The molecule has 0 radical (unpaired) electrons. The first kappa shape index (κ1) is 20.0. The third kappa shape index (κ3) is 4.22. The monoisotopic (exact) mass is 390 g/mol. The Labute approximate surface area is 161 Å². The number of aryl methyl sites for hydroxylation is 1. The van der Waals surface area contributed by atoms with Gasteiger partial charge in [-0.2, -0.15) is 0 Å². The zero-order chi connectivity index (χ0) is 20.5. The maximum atomic E-state index is 12.4. The number of anilines is 1. The van der Waals surface area contributed by atoms with E-state index in [1.54, 1.807) is 26.2 Å². The second-order valence-corrected chi connectivity index (χ2v) is 7.37. The van der Waals surface area contributed by atoms with Crippen LogP contribution in [0.5, 0.6) is 0 Å². The third-order valence-electron chi connectivity index (χ3n) is 4.84. The molecule has 0 atom stereocenters. The van der Waals surface area contributed by atoms with Crippen molar-refractivity contribution in [2.75, 3.05) is 11.5 Å². The minimum Gasteiger partial charge on any atom is -0.291 e. The molecule has 0 saturated heterocycles. The fourth-order valence-electron chi connectivity index (χ4n) is 3.18. The fraction of sp³-hybridized carbons (Fsp3) is 0.350. The van der Waals surface area contributed by atoms with Crippen molar-refractivity contribution in [1.29, 1.82) is 10.8 Å². The Kier molecular flexibility index (Phi) is 5.25. The summed E-state index contributed by atoms with van der Waals surface area (Å²) in [6, 6.07) is 7.54. The average Bonchev–Trinajstić information content (AvgIpc) is 2.66. The van der Waals surface area contributed by atoms with E-state index in [9.17, 15) is 13.2 Å². The van der Waals surface area contributed by atoms with Crippen LogP contribution in [0.4, 0.5) is 18.9 Å². The molecular formula is C20H21F3N4O. The summed E-state index contributed by atoms with van der Waals surface area (Å²) in [5, 5.41) is 15.5. The number of hydrogen-bond donors (Lipinski definition) is 2. The van der Waals surface area contributed by atoms with E-state index >= 15 is 0 Å². The van der Waals surface area contributed by atoms with Crippen molar-refractivity contribution in [1.82, 2.24) is 4.98 Å². The van der Waals surface area contributed by atoms with Crippen molar-refractivity contribution in [3.8, 4) is 11.1 Å². The van der Waals surface area contributed by atoms with Crippen molar-refractivity contribution in [3.63, 3.8) is 0 Å². The van der Waals surface area contributed by atoms with Crippen molar-refractivity contribution < 1.29 is 17.9 Å².